The largest absolute Gasteiger partial charge is 0.469 e. The number of carbonyl (C=O) groups excluding carboxylic acids is 1. The zero-order chi connectivity index (χ0) is 17.5. The minimum Gasteiger partial charge on any atom is -0.469 e. The standard InChI is InChI=1S/C18H21ClN4O2.2ClH/c19-15-5-3-14(4-6-15)12-17(25-16-2-1-7-21-13-16)22-18(24)23-10-8-20-9-11-23;;/h1-7,13,17,20H,8-12H2,(H,22,24);2*1H. The maximum absolute atomic E-state index is 12.5. The zero-order valence-electron chi connectivity index (χ0n) is 14.6. The van der Waals surface area contributed by atoms with Crippen molar-refractivity contribution in [3.8, 4) is 5.75 Å². The molecule has 148 valence electrons. The van der Waals surface area contributed by atoms with E-state index in [0.717, 1.165) is 18.7 Å². The van der Waals surface area contributed by atoms with Gasteiger partial charge in [0.25, 0.3) is 0 Å². The normalized spacial score (nSPS) is 14.3. The molecule has 3 rings (SSSR count). The van der Waals surface area contributed by atoms with E-state index >= 15 is 0 Å². The van der Waals surface area contributed by atoms with Gasteiger partial charge in [0.15, 0.2) is 6.23 Å². The lowest BCUT2D eigenvalue weighted by molar-refractivity contribution is 0.139. The van der Waals surface area contributed by atoms with Crippen molar-refractivity contribution in [3.63, 3.8) is 0 Å². The molecule has 0 spiro atoms. The molecule has 0 saturated carbocycles. The van der Waals surface area contributed by atoms with Crippen LogP contribution < -0.4 is 15.4 Å². The van der Waals surface area contributed by atoms with E-state index in [1.54, 1.807) is 23.4 Å². The number of urea groups is 1. The molecule has 1 fully saturated rings. The number of piperazine rings is 1. The Labute approximate surface area is 176 Å². The van der Waals surface area contributed by atoms with E-state index in [1.165, 1.54) is 0 Å². The molecule has 1 aliphatic heterocycles. The molecular formula is C18H23Cl3N4O2. The highest BCUT2D eigenvalue weighted by Crippen LogP contribution is 2.14. The van der Waals surface area contributed by atoms with Gasteiger partial charge in [-0.25, -0.2) is 4.79 Å². The Morgan fingerprint density at radius 2 is 1.93 bits per heavy atom. The van der Waals surface area contributed by atoms with Crippen LogP contribution in [0.15, 0.2) is 48.8 Å². The van der Waals surface area contributed by atoms with Gasteiger partial charge in [-0.15, -0.1) is 24.8 Å². The Hall–Kier alpha value is -1.73. The summed E-state index contributed by atoms with van der Waals surface area (Å²) in [6, 6.07) is 11.0. The molecule has 1 aromatic heterocycles. The van der Waals surface area contributed by atoms with E-state index in [1.807, 2.05) is 30.3 Å². The topological polar surface area (TPSA) is 66.5 Å². The number of carbonyl (C=O) groups is 1. The van der Waals surface area contributed by atoms with Gasteiger partial charge in [-0.2, -0.15) is 0 Å². The maximum Gasteiger partial charge on any atom is 0.320 e. The molecule has 2 heterocycles. The molecule has 1 atom stereocenters. The third kappa shape index (κ3) is 7.42. The van der Waals surface area contributed by atoms with Crippen LogP contribution in [0, 0.1) is 0 Å². The number of rotatable bonds is 5. The van der Waals surface area contributed by atoms with Crippen LogP contribution >= 0.6 is 36.4 Å². The summed E-state index contributed by atoms with van der Waals surface area (Å²) in [7, 11) is 0. The van der Waals surface area contributed by atoms with Crippen molar-refractivity contribution in [1.82, 2.24) is 20.5 Å². The molecule has 2 amide bonds. The number of hydrogen-bond acceptors (Lipinski definition) is 4. The molecule has 9 heteroatoms. The van der Waals surface area contributed by atoms with Gasteiger partial charge >= 0.3 is 6.03 Å². The second-order valence-electron chi connectivity index (χ2n) is 5.81. The lowest BCUT2D eigenvalue weighted by atomic mass is 10.1. The van der Waals surface area contributed by atoms with Crippen LogP contribution in [-0.4, -0.2) is 48.3 Å². The molecule has 0 radical (unpaired) electrons. The monoisotopic (exact) mass is 432 g/mol. The summed E-state index contributed by atoms with van der Waals surface area (Å²) < 4.78 is 5.94. The highest BCUT2D eigenvalue weighted by atomic mass is 35.5. The van der Waals surface area contributed by atoms with E-state index in [4.69, 9.17) is 16.3 Å². The minimum atomic E-state index is -0.493. The maximum atomic E-state index is 12.5. The summed E-state index contributed by atoms with van der Waals surface area (Å²) in [4.78, 5) is 18.4. The molecule has 1 saturated heterocycles. The molecule has 1 aliphatic rings. The Bertz CT molecular complexity index is 683. The van der Waals surface area contributed by atoms with Crippen molar-refractivity contribution < 1.29 is 9.53 Å². The summed E-state index contributed by atoms with van der Waals surface area (Å²) >= 11 is 5.94. The first-order valence-electron chi connectivity index (χ1n) is 8.28. The van der Waals surface area contributed by atoms with Crippen LogP contribution in [0.1, 0.15) is 5.56 Å². The van der Waals surface area contributed by atoms with Crippen molar-refractivity contribution in [1.29, 1.82) is 0 Å². The van der Waals surface area contributed by atoms with Gasteiger partial charge in [0.2, 0.25) is 0 Å². The predicted molar refractivity (Wildman–Crippen MR) is 111 cm³/mol. The average Bonchev–Trinajstić information content (AvgIpc) is 2.65. The van der Waals surface area contributed by atoms with Gasteiger partial charge in [0, 0.05) is 43.8 Å². The van der Waals surface area contributed by atoms with Gasteiger partial charge in [0.05, 0.1) is 6.20 Å². The van der Waals surface area contributed by atoms with Gasteiger partial charge in [-0.05, 0) is 29.8 Å². The Kier molecular flexibility index (Phi) is 10.3. The highest BCUT2D eigenvalue weighted by Gasteiger charge is 2.21. The number of amides is 2. The quantitative estimate of drug-likeness (QED) is 0.711. The summed E-state index contributed by atoms with van der Waals surface area (Å²) in [5.41, 5.74) is 1.03. The molecule has 2 N–H and O–H groups in total. The number of hydrogen-bond donors (Lipinski definition) is 2. The van der Waals surface area contributed by atoms with Crippen molar-refractivity contribution in [2.45, 2.75) is 12.6 Å². The molecule has 0 aliphatic carbocycles. The summed E-state index contributed by atoms with van der Waals surface area (Å²) in [6.07, 6.45) is 3.35. The van der Waals surface area contributed by atoms with Gasteiger partial charge in [0.1, 0.15) is 5.75 Å². The Morgan fingerprint density at radius 1 is 1.22 bits per heavy atom. The minimum absolute atomic E-state index is 0. The first kappa shape index (κ1) is 23.3. The van der Waals surface area contributed by atoms with Crippen molar-refractivity contribution in [3.05, 3.63) is 59.4 Å². The highest BCUT2D eigenvalue weighted by molar-refractivity contribution is 6.30. The first-order valence-corrected chi connectivity index (χ1v) is 8.66. The van der Waals surface area contributed by atoms with Gasteiger partial charge in [-0.1, -0.05) is 23.7 Å². The number of ether oxygens (including phenoxy) is 1. The van der Waals surface area contributed by atoms with E-state index < -0.39 is 6.23 Å². The van der Waals surface area contributed by atoms with Crippen molar-refractivity contribution in [2.24, 2.45) is 0 Å². The molecule has 2 aromatic rings. The van der Waals surface area contributed by atoms with E-state index in [9.17, 15) is 4.79 Å². The predicted octanol–water partition coefficient (Wildman–Crippen LogP) is 3.14. The Balaban J connectivity index is 0.00000182. The van der Waals surface area contributed by atoms with Crippen LogP contribution in [0.25, 0.3) is 0 Å². The average molecular weight is 434 g/mol. The number of nitrogens with one attached hydrogen (secondary N) is 2. The SMILES string of the molecule is Cl.Cl.O=C(NC(Cc1ccc(Cl)cc1)Oc1cccnc1)N1CCNCC1. The second kappa shape index (κ2) is 11.9. The fourth-order valence-corrected chi connectivity index (χ4v) is 2.76. The molecule has 6 nitrogen and oxygen atoms in total. The van der Waals surface area contributed by atoms with Gasteiger partial charge < -0.3 is 20.3 Å². The molecule has 0 bridgehead atoms. The lowest BCUT2D eigenvalue weighted by Gasteiger charge is -2.30. The summed E-state index contributed by atoms with van der Waals surface area (Å²) in [6.45, 7) is 2.98. The van der Waals surface area contributed by atoms with E-state index in [2.05, 4.69) is 15.6 Å². The molecular weight excluding hydrogens is 411 g/mol. The molecule has 27 heavy (non-hydrogen) atoms. The zero-order valence-corrected chi connectivity index (χ0v) is 17.0. The number of halogens is 3. The van der Waals surface area contributed by atoms with E-state index in [0.29, 0.717) is 30.3 Å². The second-order valence-corrected chi connectivity index (χ2v) is 6.25. The van der Waals surface area contributed by atoms with Crippen LogP contribution in [0.5, 0.6) is 5.75 Å². The van der Waals surface area contributed by atoms with E-state index in [-0.39, 0.29) is 30.8 Å². The number of pyridine rings is 1. The number of aromatic nitrogens is 1. The molecule has 1 aromatic carbocycles. The first-order chi connectivity index (χ1) is 12.2. The Morgan fingerprint density at radius 3 is 2.56 bits per heavy atom. The lowest BCUT2D eigenvalue weighted by Crippen LogP contribution is -2.53. The fraction of sp³-hybridized carbons (Fsp3) is 0.333. The molecule has 1 unspecified atom stereocenters. The number of benzene rings is 1. The smallest absolute Gasteiger partial charge is 0.320 e. The summed E-state index contributed by atoms with van der Waals surface area (Å²) in [5, 5.41) is 6.89. The van der Waals surface area contributed by atoms with Crippen LogP contribution in [-0.2, 0) is 6.42 Å². The third-order valence-corrected chi connectivity index (χ3v) is 4.19. The van der Waals surface area contributed by atoms with Crippen molar-refractivity contribution >= 4 is 42.4 Å². The van der Waals surface area contributed by atoms with Crippen LogP contribution in [0.4, 0.5) is 4.79 Å². The van der Waals surface area contributed by atoms with Gasteiger partial charge in [-0.3, -0.25) is 4.98 Å². The van der Waals surface area contributed by atoms with Crippen LogP contribution in [0.2, 0.25) is 5.02 Å². The third-order valence-electron chi connectivity index (χ3n) is 3.94. The van der Waals surface area contributed by atoms with Crippen molar-refractivity contribution in [2.75, 3.05) is 26.2 Å². The fourth-order valence-electron chi connectivity index (χ4n) is 2.63. The van der Waals surface area contributed by atoms with Crippen LogP contribution in [0.3, 0.4) is 0 Å². The summed E-state index contributed by atoms with van der Waals surface area (Å²) in [5.74, 6) is 0.613. The number of nitrogens with zero attached hydrogens (tertiary/aromatic N) is 2.